The van der Waals surface area contributed by atoms with E-state index in [-0.39, 0.29) is 11.5 Å². The second-order valence-corrected chi connectivity index (χ2v) is 5.20. The Morgan fingerprint density at radius 2 is 1.56 bits per heavy atom. The second kappa shape index (κ2) is 6.76. The molecule has 3 rings (SSSR count). The molecule has 0 aliphatic heterocycles. The third-order valence-corrected chi connectivity index (χ3v) is 3.90. The number of furan rings is 1. The summed E-state index contributed by atoms with van der Waals surface area (Å²) < 4.78 is 27.0. The number of fused-ring (bicyclic) bond motifs is 1. The first kappa shape index (κ1) is 16.7. The summed E-state index contributed by atoms with van der Waals surface area (Å²) in [5, 5.41) is 0.780. The highest BCUT2D eigenvalue weighted by atomic mass is 16.5. The zero-order chi connectivity index (χ0) is 18.0. The van der Waals surface area contributed by atoms with Gasteiger partial charge in [0.1, 0.15) is 0 Å². The summed E-state index contributed by atoms with van der Waals surface area (Å²) in [6.07, 6.45) is 0. The van der Waals surface area contributed by atoms with Gasteiger partial charge in [0.2, 0.25) is 11.5 Å². The van der Waals surface area contributed by atoms with Gasteiger partial charge in [-0.25, -0.2) is 0 Å². The lowest BCUT2D eigenvalue weighted by Gasteiger charge is -2.14. The number of ketones is 1. The lowest BCUT2D eigenvalue weighted by atomic mass is 10.1. The lowest BCUT2D eigenvalue weighted by molar-refractivity contribution is 0.101. The fraction of sp³-hybridized carbons (Fsp3) is 0.211. The molecule has 3 aromatic rings. The summed E-state index contributed by atoms with van der Waals surface area (Å²) in [5.41, 5.74) is 0.839. The molecular formula is C19H18O6. The first-order valence-corrected chi connectivity index (χ1v) is 7.54. The van der Waals surface area contributed by atoms with Gasteiger partial charge in [-0.3, -0.25) is 4.79 Å². The molecule has 0 saturated heterocycles. The molecule has 1 aromatic heterocycles. The van der Waals surface area contributed by atoms with E-state index in [1.807, 2.05) is 12.1 Å². The average molecular weight is 342 g/mol. The molecule has 0 aliphatic rings. The third-order valence-electron chi connectivity index (χ3n) is 3.90. The molecule has 130 valence electrons. The van der Waals surface area contributed by atoms with Gasteiger partial charge in [-0.2, -0.15) is 0 Å². The second-order valence-electron chi connectivity index (χ2n) is 5.20. The highest BCUT2D eigenvalue weighted by Crippen LogP contribution is 2.41. The number of benzene rings is 2. The Morgan fingerprint density at radius 3 is 2.20 bits per heavy atom. The summed E-state index contributed by atoms with van der Waals surface area (Å²) in [6.45, 7) is 0. The summed E-state index contributed by atoms with van der Waals surface area (Å²) in [6, 6.07) is 10.4. The van der Waals surface area contributed by atoms with E-state index < -0.39 is 0 Å². The maximum atomic E-state index is 13.0. The number of methoxy groups -OCH3 is 4. The Morgan fingerprint density at radius 1 is 0.840 bits per heavy atom. The predicted molar refractivity (Wildman–Crippen MR) is 92.3 cm³/mol. The Balaban J connectivity index is 2.12. The molecule has 1 heterocycles. The van der Waals surface area contributed by atoms with Crippen molar-refractivity contribution in [3.05, 3.63) is 47.7 Å². The van der Waals surface area contributed by atoms with Crippen LogP contribution in [0.4, 0.5) is 0 Å². The van der Waals surface area contributed by atoms with E-state index in [0.29, 0.717) is 34.1 Å². The Labute approximate surface area is 144 Å². The maximum absolute atomic E-state index is 13.0. The topological polar surface area (TPSA) is 67.1 Å². The standard InChI is InChI=1S/C19H18O6/c1-21-13-7-5-6-11-10-15(25-17(11)13)16(20)12-8-9-14(22-2)19(24-4)18(12)23-3/h5-10H,1-4H3. The zero-order valence-corrected chi connectivity index (χ0v) is 14.4. The fourth-order valence-corrected chi connectivity index (χ4v) is 2.72. The predicted octanol–water partition coefficient (Wildman–Crippen LogP) is 3.70. The molecule has 0 amide bonds. The van der Waals surface area contributed by atoms with E-state index in [9.17, 15) is 4.79 Å². The van der Waals surface area contributed by atoms with Crippen molar-refractivity contribution in [1.29, 1.82) is 0 Å². The Kier molecular flexibility index (Phi) is 4.52. The van der Waals surface area contributed by atoms with Gasteiger partial charge in [0.25, 0.3) is 0 Å². The van der Waals surface area contributed by atoms with Crippen LogP contribution in [0, 0.1) is 0 Å². The number of rotatable bonds is 6. The van der Waals surface area contributed by atoms with Crippen LogP contribution in [0.3, 0.4) is 0 Å². The van der Waals surface area contributed by atoms with Gasteiger partial charge in [-0.05, 0) is 24.3 Å². The van der Waals surface area contributed by atoms with Gasteiger partial charge in [-0.15, -0.1) is 0 Å². The van der Waals surface area contributed by atoms with Gasteiger partial charge in [0.05, 0.1) is 34.0 Å². The van der Waals surface area contributed by atoms with Crippen LogP contribution >= 0.6 is 0 Å². The Hall–Kier alpha value is -3.15. The minimum atomic E-state index is -0.323. The van der Waals surface area contributed by atoms with Crippen LogP contribution in [0.2, 0.25) is 0 Å². The number of carbonyl (C=O) groups is 1. The van der Waals surface area contributed by atoms with Gasteiger partial charge in [0, 0.05) is 5.39 Å². The molecular weight excluding hydrogens is 324 g/mol. The summed E-state index contributed by atoms with van der Waals surface area (Å²) in [4.78, 5) is 13.0. The average Bonchev–Trinajstić information content (AvgIpc) is 3.10. The molecule has 0 radical (unpaired) electrons. The number of para-hydroxylation sites is 1. The Bertz CT molecular complexity index is 925. The number of hydrogen-bond donors (Lipinski definition) is 0. The van der Waals surface area contributed by atoms with Crippen molar-refractivity contribution in [3.63, 3.8) is 0 Å². The van der Waals surface area contributed by atoms with Crippen LogP contribution in [0.1, 0.15) is 16.1 Å². The number of hydrogen-bond acceptors (Lipinski definition) is 6. The molecule has 0 aliphatic carbocycles. The monoisotopic (exact) mass is 342 g/mol. The van der Waals surface area contributed by atoms with Crippen molar-refractivity contribution in [3.8, 4) is 23.0 Å². The molecule has 0 atom stereocenters. The van der Waals surface area contributed by atoms with Gasteiger partial charge in [-0.1, -0.05) is 12.1 Å². The molecule has 25 heavy (non-hydrogen) atoms. The van der Waals surface area contributed by atoms with Crippen molar-refractivity contribution >= 4 is 16.8 Å². The molecule has 0 saturated carbocycles. The van der Waals surface area contributed by atoms with Crippen LogP contribution < -0.4 is 18.9 Å². The normalized spacial score (nSPS) is 10.6. The molecule has 0 fully saturated rings. The quantitative estimate of drug-likeness (QED) is 0.636. The number of carbonyl (C=O) groups excluding carboxylic acids is 1. The minimum Gasteiger partial charge on any atom is -0.493 e. The van der Waals surface area contributed by atoms with Crippen molar-refractivity contribution in [2.45, 2.75) is 0 Å². The number of ether oxygens (including phenoxy) is 4. The van der Waals surface area contributed by atoms with Crippen LogP contribution in [0.25, 0.3) is 11.0 Å². The first-order valence-electron chi connectivity index (χ1n) is 7.54. The zero-order valence-electron chi connectivity index (χ0n) is 14.4. The van der Waals surface area contributed by atoms with E-state index >= 15 is 0 Å². The molecule has 6 heteroatoms. The molecule has 0 bridgehead atoms. The van der Waals surface area contributed by atoms with Crippen molar-refractivity contribution in [2.24, 2.45) is 0 Å². The van der Waals surface area contributed by atoms with E-state index in [2.05, 4.69) is 0 Å². The fourth-order valence-electron chi connectivity index (χ4n) is 2.72. The molecule has 6 nitrogen and oxygen atoms in total. The van der Waals surface area contributed by atoms with Gasteiger partial charge >= 0.3 is 0 Å². The highest BCUT2D eigenvalue weighted by Gasteiger charge is 2.24. The maximum Gasteiger partial charge on any atom is 0.232 e. The SMILES string of the molecule is COc1ccc(C(=O)c2cc3cccc(OC)c3o2)c(OC)c1OC. The lowest BCUT2D eigenvalue weighted by Crippen LogP contribution is -2.05. The van der Waals surface area contributed by atoms with Gasteiger partial charge < -0.3 is 23.4 Å². The highest BCUT2D eigenvalue weighted by molar-refractivity contribution is 6.11. The van der Waals surface area contributed by atoms with Crippen LogP contribution in [0.15, 0.2) is 40.8 Å². The van der Waals surface area contributed by atoms with Crippen molar-refractivity contribution in [2.75, 3.05) is 28.4 Å². The van der Waals surface area contributed by atoms with E-state index in [4.69, 9.17) is 23.4 Å². The smallest absolute Gasteiger partial charge is 0.232 e. The first-order chi connectivity index (χ1) is 12.1. The summed E-state index contributed by atoms with van der Waals surface area (Å²) in [5.74, 6) is 1.54. The molecule has 0 N–H and O–H groups in total. The van der Waals surface area contributed by atoms with Crippen LogP contribution in [-0.4, -0.2) is 34.2 Å². The molecule has 2 aromatic carbocycles. The van der Waals surface area contributed by atoms with Gasteiger partial charge in [0.15, 0.2) is 28.6 Å². The summed E-state index contributed by atoms with van der Waals surface area (Å²) in [7, 11) is 6.02. The van der Waals surface area contributed by atoms with E-state index in [1.165, 1.54) is 21.3 Å². The third kappa shape index (κ3) is 2.76. The minimum absolute atomic E-state index is 0.185. The van der Waals surface area contributed by atoms with E-state index in [0.717, 1.165) is 5.39 Å². The molecule has 0 unspecified atom stereocenters. The van der Waals surface area contributed by atoms with Crippen LogP contribution in [0.5, 0.6) is 23.0 Å². The van der Waals surface area contributed by atoms with Crippen LogP contribution in [-0.2, 0) is 0 Å². The summed E-state index contributed by atoms with van der Waals surface area (Å²) >= 11 is 0. The van der Waals surface area contributed by atoms with E-state index in [1.54, 1.807) is 31.4 Å². The van der Waals surface area contributed by atoms with Crippen molar-refractivity contribution < 1.29 is 28.2 Å². The molecule has 0 spiro atoms. The van der Waals surface area contributed by atoms with Crippen molar-refractivity contribution in [1.82, 2.24) is 0 Å². The largest absolute Gasteiger partial charge is 0.493 e.